The summed E-state index contributed by atoms with van der Waals surface area (Å²) in [5, 5.41) is 15.4. The van der Waals surface area contributed by atoms with Crippen LogP contribution in [0, 0.1) is 5.82 Å². The summed E-state index contributed by atoms with van der Waals surface area (Å²) >= 11 is 0. The number of hydrogen-bond acceptors (Lipinski definition) is 6. The molecule has 0 amide bonds. The van der Waals surface area contributed by atoms with Crippen molar-refractivity contribution in [2.75, 3.05) is 25.0 Å². The van der Waals surface area contributed by atoms with Gasteiger partial charge in [-0.2, -0.15) is 5.10 Å². The molecule has 4 rings (SSSR count). The molecule has 8 heteroatoms. The third-order valence-corrected chi connectivity index (χ3v) is 5.87. The highest BCUT2D eigenvalue weighted by Gasteiger charge is 2.34. The van der Waals surface area contributed by atoms with E-state index in [0.29, 0.717) is 42.8 Å². The number of aliphatic hydroxyl groups is 1. The van der Waals surface area contributed by atoms with E-state index in [-0.39, 0.29) is 5.82 Å². The topological polar surface area (TPSA) is 92.6 Å². The Morgan fingerprint density at radius 1 is 1.25 bits per heavy atom. The lowest BCUT2D eigenvalue weighted by Crippen LogP contribution is -2.42. The molecule has 0 spiro atoms. The maximum absolute atomic E-state index is 13.7. The van der Waals surface area contributed by atoms with E-state index < -0.39 is 5.60 Å². The lowest BCUT2D eigenvalue weighted by atomic mass is 9.84. The number of pyridine rings is 1. The van der Waals surface area contributed by atoms with Gasteiger partial charge in [-0.15, -0.1) is 0 Å². The van der Waals surface area contributed by atoms with Crippen molar-refractivity contribution in [2.24, 2.45) is 17.8 Å². The zero-order valence-corrected chi connectivity index (χ0v) is 18.2. The van der Waals surface area contributed by atoms with Gasteiger partial charge in [0.1, 0.15) is 5.82 Å². The Balaban J connectivity index is 1.66. The van der Waals surface area contributed by atoms with Gasteiger partial charge in [0, 0.05) is 62.6 Å². The molecule has 1 aliphatic rings. The van der Waals surface area contributed by atoms with Gasteiger partial charge in [0.15, 0.2) is 0 Å². The number of piperidine rings is 1. The highest BCUT2D eigenvalue weighted by Crippen LogP contribution is 2.36. The highest BCUT2D eigenvalue weighted by molar-refractivity contribution is 6.09. The van der Waals surface area contributed by atoms with E-state index >= 15 is 0 Å². The molecule has 0 radical (unpaired) electrons. The molecule has 0 aliphatic carbocycles. The minimum atomic E-state index is -1.04. The predicted octanol–water partition coefficient (Wildman–Crippen LogP) is 3.11. The van der Waals surface area contributed by atoms with Gasteiger partial charge in [0.05, 0.1) is 23.2 Å². The van der Waals surface area contributed by atoms with E-state index in [1.807, 2.05) is 25.4 Å². The molecule has 0 bridgehead atoms. The molecule has 1 aromatic carbocycles. The summed E-state index contributed by atoms with van der Waals surface area (Å²) in [5.74, 6) is -0.336. The summed E-state index contributed by atoms with van der Waals surface area (Å²) in [6.45, 7) is 1.24. The van der Waals surface area contributed by atoms with Gasteiger partial charge in [-0.05, 0) is 42.7 Å². The maximum atomic E-state index is 13.7. The molecule has 0 atom stereocenters. The molecule has 1 aliphatic heterocycles. The summed E-state index contributed by atoms with van der Waals surface area (Å²) < 4.78 is 15.4. The normalized spacial score (nSPS) is 16.6. The Bertz CT molecular complexity index is 1160. The maximum Gasteiger partial charge on any atom is 0.123 e. The number of allylic oxidation sites excluding steroid dienone is 1. The molecule has 32 heavy (non-hydrogen) atoms. The number of halogens is 1. The Kier molecular flexibility index (Phi) is 6.05. The van der Waals surface area contributed by atoms with E-state index in [4.69, 9.17) is 10.7 Å². The number of aromatic nitrogens is 3. The standard InChI is InChI=1S/C24H27FN6O/c1-27-14-17(13-26)22-11-21(12-23(29-22)18-15-28-30(2)16-18)31-8-6-24(32,7-9-31)19-4-3-5-20(25)10-19/h3-5,10-16,32H,6-9,26H2,1-2H3/b17-13+,27-14?. The number of benzene rings is 1. The fourth-order valence-corrected chi connectivity index (χ4v) is 4.08. The van der Waals surface area contributed by atoms with Crippen molar-refractivity contribution in [3.63, 3.8) is 0 Å². The van der Waals surface area contributed by atoms with Crippen molar-refractivity contribution in [2.45, 2.75) is 18.4 Å². The Morgan fingerprint density at radius 2 is 2.03 bits per heavy atom. The third kappa shape index (κ3) is 4.40. The average Bonchev–Trinajstić information content (AvgIpc) is 3.24. The molecular weight excluding hydrogens is 407 g/mol. The minimum Gasteiger partial charge on any atom is -0.404 e. The minimum absolute atomic E-state index is 0.336. The summed E-state index contributed by atoms with van der Waals surface area (Å²) in [7, 11) is 3.55. The Hall–Kier alpha value is -3.52. The first-order chi connectivity index (χ1) is 15.4. The van der Waals surface area contributed by atoms with Crippen LogP contribution < -0.4 is 10.6 Å². The first-order valence-corrected chi connectivity index (χ1v) is 10.5. The number of nitrogens with two attached hydrogens (primary N) is 1. The molecule has 3 aromatic rings. The van der Waals surface area contributed by atoms with Crippen LogP contribution in [0.4, 0.5) is 10.1 Å². The second kappa shape index (κ2) is 8.92. The molecule has 1 saturated heterocycles. The number of aliphatic imine (C=N–C) groups is 1. The zero-order chi connectivity index (χ0) is 22.7. The van der Waals surface area contributed by atoms with Gasteiger partial charge in [-0.25, -0.2) is 9.37 Å². The van der Waals surface area contributed by atoms with Gasteiger partial charge in [0.25, 0.3) is 0 Å². The Labute approximate surface area is 186 Å². The van der Waals surface area contributed by atoms with Gasteiger partial charge >= 0.3 is 0 Å². The number of hydrogen-bond donors (Lipinski definition) is 2. The SMILES string of the molecule is CN=C/C(=C\N)c1cc(N2CCC(O)(c3cccc(F)c3)CC2)cc(-c2cnn(C)c2)n1. The van der Waals surface area contributed by atoms with Crippen molar-refractivity contribution in [1.82, 2.24) is 14.8 Å². The van der Waals surface area contributed by atoms with Gasteiger partial charge < -0.3 is 15.7 Å². The second-order valence-electron chi connectivity index (χ2n) is 8.04. The van der Waals surface area contributed by atoms with Gasteiger partial charge in [-0.3, -0.25) is 9.67 Å². The average molecular weight is 435 g/mol. The van der Waals surface area contributed by atoms with Crippen LogP contribution in [0.25, 0.3) is 16.8 Å². The number of nitrogens with zero attached hydrogens (tertiary/aromatic N) is 5. The lowest BCUT2D eigenvalue weighted by molar-refractivity contribution is 0.0115. The summed E-state index contributed by atoms with van der Waals surface area (Å²) in [5.41, 5.74) is 9.49. The van der Waals surface area contributed by atoms with Crippen LogP contribution in [0.5, 0.6) is 0 Å². The lowest BCUT2D eigenvalue weighted by Gasteiger charge is -2.39. The fourth-order valence-electron chi connectivity index (χ4n) is 4.08. The quantitative estimate of drug-likeness (QED) is 0.602. The fraction of sp³-hybridized carbons (Fsp3) is 0.292. The molecule has 0 saturated carbocycles. The zero-order valence-electron chi connectivity index (χ0n) is 18.2. The van der Waals surface area contributed by atoms with E-state index in [1.165, 1.54) is 18.3 Å². The third-order valence-electron chi connectivity index (χ3n) is 5.87. The van der Waals surface area contributed by atoms with Crippen molar-refractivity contribution in [3.8, 4) is 11.3 Å². The largest absolute Gasteiger partial charge is 0.404 e. The first kappa shape index (κ1) is 21.7. The molecule has 3 heterocycles. The van der Waals surface area contributed by atoms with Crippen molar-refractivity contribution in [1.29, 1.82) is 0 Å². The van der Waals surface area contributed by atoms with E-state index in [1.54, 1.807) is 36.3 Å². The summed E-state index contributed by atoms with van der Waals surface area (Å²) in [6.07, 6.45) is 7.84. The number of rotatable bonds is 5. The summed E-state index contributed by atoms with van der Waals surface area (Å²) in [4.78, 5) is 11.1. The van der Waals surface area contributed by atoms with Crippen LogP contribution in [0.3, 0.4) is 0 Å². The molecule has 7 nitrogen and oxygen atoms in total. The van der Waals surface area contributed by atoms with Crippen molar-refractivity contribution >= 4 is 17.5 Å². The molecule has 1 fully saturated rings. The van der Waals surface area contributed by atoms with Crippen LogP contribution in [0.15, 0.2) is 60.0 Å². The van der Waals surface area contributed by atoms with Crippen molar-refractivity contribution in [3.05, 3.63) is 72.1 Å². The van der Waals surface area contributed by atoms with Gasteiger partial charge in [-0.1, -0.05) is 12.1 Å². The second-order valence-corrected chi connectivity index (χ2v) is 8.04. The predicted molar refractivity (Wildman–Crippen MR) is 125 cm³/mol. The molecule has 0 unspecified atom stereocenters. The van der Waals surface area contributed by atoms with Crippen LogP contribution in [-0.2, 0) is 12.6 Å². The summed E-state index contributed by atoms with van der Waals surface area (Å²) in [6, 6.07) is 10.2. The van der Waals surface area contributed by atoms with E-state index in [2.05, 4.69) is 15.0 Å². The number of anilines is 1. The highest BCUT2D eigenvalue weighted by atomic mass is 19.1. The molecule has 2 aromatic heterocycles. The smallest absolute Gasteiger partial charge is 0.123 e. The first-order valence-electron chi connectivity index (χ1n) is 10.5. The van der Waals surface area contributed by atoms with Crippen LogP contribution >= 0.6 is 0 Å². The van der Waals surface area contributed by atoms with E-state index in [0.717, 1.165) is 16.9 Å². The molecule has 166 valence electrons. The van der Waals surface area contributed by atoms with Crippen LogP contribution in [-0.4, -0.2) is 46.2 Å². The van der Waals surface area contributed by atoms with E-state index in [9.17, 15) is 9.50 Å². The van der Waals surface area contributed by atoms with Crippen molar-refractivity contribution < 1.29 is 9.50 Å². The van der Waals surface area contributed by atoms with Crippen LogP contribution in [0.2, 0.25) is 0 Å². The monoisotopic (exact) mass is 434 g/mol. The molecule has 3 N–H and O–H groups in total. The number of aryl methyl sites for hydroxylation is 1. The van der Waals surface area contributed by atoms with Gasteiger partial charge in [0.2, 0.25) is 0 Å². The molecular formula is C24H27FN6O. The Morgan fingerprint density at radius 3 is 2.66 bits per heavy atom. The van der Waals surface area contributed by atoms with Crippen LogP contribution in [0.1, 0.15) is 24.1 Å².